The molecule has 0 bridgehead atoms. The molecule has 0 radical (unpaired) electrons. The second-order valence-electron chi connectivity index (χ2n) is 5.58. The summed E-state index contributed by atoms with van der Waals surface area (Å²) < 4.78 is 11.2. The highest BCUT2D eigenvalue weighted by Crippen LogP contribution is 2.34. The first-order valence-corrected chi connectivity index (χ1v) is 7.22. The lowest BCUT2D eigenvalue weighted by Gasteiger charge is -2.35. The van der Waals surface area contributed by atoms with E-state index in [-0.39, 0.29) is 5.92 Å². The van der Waals surface area contributed by atoms with Crippen LogP contribution in [-0.4, -0.2) is 36.8 Å². The lowest BCUT2D eigenvalue weighted by molar-refractivity contribution is -0.100. The lowest BCUT2D eigenvalue weighted by atomic mass is 9.91. The van der Waals surface area contributed by atoms with Crippen molar-refractivity contribution in [1.29, 1.82) is 0 Å². The Bertz CT molecular complexity index is 447. The highest BCUT2D eigenvalue weighted by Gasteiger charge is 2.38. The molecule has 5 heteroatoms. The van der Waals surface area contributed by atoms with Crippen molar-refractivity contribution in [2.24, 2.45) is 5.73 Å². The summed E-state index contributed by atoms with van der Waals surface area (Å²) in [6.45, 7) is 8.16. The van der Waals surface area contributed by atoms with Gasteiger partial charge in [-0.2, -0.15) is 0 Å². The molecular formula is C15H25N3O2. The Labute approximate surface area is 120 Å². The van der Waals surface area contributed by atoms with E-state index in [0.29, 0.717) is 19.8 Å². The summed E-state index contributed by atoms with van der Waals surface area (Å²) in [5.41, 5.74) is 8.55. The summed E-state index contributed by atoms with van der Waals surface area (Å²) >= 11 is 0. The molecule has 0 spiro atoms. The van der Waals surface area contributed by atoms with Crippen molar-refractivity contribution in [3.05, 3.63) is 22.8 Å². The molecule has 1 aliphatic rings. The van der Waals surface area contributed by atoms with Crippen molar-refractivity contribution >= 4 is 0 Å². The number of nitrogens with zero attached hydrogens (tertiary/aromatic N) is 2. The molecule has 0 aromatic carbocycles. The first-order valence-electron chi connectivity index (χ1n) is 7.22. The SMILES string of the molecule is COC1(c2nc(C)c(C(C)CN)c(C)n2)CCOCC1. The quantitative estimate of drug-likeness (QED) is 0.910. The number of nitrogens with two attached hydrogens (primary N) is 1. The average Bonchev–Trinajstić information content (AvgIpc) is 2.46. The van der Waals surface area contributed by atoms with Crippen molar-refractivity contribution in [1.82, 2.24) is 9.97 Å². The minimum atomic E-state index is -0.405. The zero-order chi connectivity index (χ0) is 14.8. The molecule has 1 fully saturated rings. The number of aromatic nitrogens is 2. The first-order chi connectivity index (χ1) is 9.54. The second kappa shape index (κ2) is 6.16. The van der Waals surface area contributed by atoms with Crippen LogP contribution in [0.5, 0.6) is 0 Å². The summed E-state index contributed by atoms with van der Waals surface area (Å²) in [6, 6.07) is 0. The molecule has 2 rings (SSSR count). The average molecular weight is 279 g/mol. The van der Waals surface area contributed by atoms with Crippen molar-refractivity contribution < 1.29 is 9.47 Å². The van der Waals surface area contributed by atoms with Gasteiger partial charge in [-0.3, -0.25) is 0 Å². The van der Waals surface area contributed by atoms with Crippen LogP contribution in [0.4, 0.5) is 0 Å². The highest BCUT2D eigenvalue weighted by atomic mass is 16.5. The minimum absolute atomic E-state index is 0.275. The molecule has 1 aromatic heterocycles. The van der Waals surface area contributed by atoms with Crippen LogP contribution in [0.2, 0.25) is 0 Å². The van der Waals surface area contributed by atoms with E-state index in [4.69, 9.17) is 25.2 Å². The number of rotatable bonds is 4. The fourth-order valence-corrected chi connectivity index (χ4v) is 2.98. The van der Waals surface area contributed by atoms with Crippen molar-refractivity contribution in [2.45, 2.75) is 45.1 Å². The first kappa shape index (κ1) is 15.4. The number of hydrogen-bond acceptors (Lipinski definition) is 5. The molecule has 20 heavy (non-hydrogen) atoms. The topological polar surface area (TPSA) is 70.3 Å². The van der Waals surface area contributed by atoms with E-state index in [9.17, 15) is 0 Å². The fourth-order valence-electron chi connectivity index (χ4n) is 2.98. The third kappa shape index (κ3) is 2.71. The van der Waals surface area contributed by atoms with Crippen LogP contribution in [0.1, 0.15) is 48.5 Å². The summed E-state index contributed by atoms with van der Waals surface area (Å²) in [5, 5.41) is 0. The summed E-state index contributed by atoms with van der Waals surface area (Å²) in [7, 11) is 1.73. The van der Waals surface area contributed by atoms with Crippen LogP contribution in [-0.2, 0) is 15.1 Å². The Morgan fingerprint density at radius 2 is 1.80 bits per heavy atom. The molecule has 112 valence electrons. The molecule has 0 saturated carbocycles. The third-order valence-corrected chi connectivity index (χ3v) is 4.27. The maximum Gasteiger partial charge on any atom is 0.160 e. The van der Waals surface area contributed by atoms with Gasteiger partial charge in [-0.25, -0.2) is 9.97 Å². The van der Waals surface area contributed by atoms with E-state index in [1.807, 2.05) is 13.8 Å². The Morgan fingerprint density at radius 3 is 2.25 bits per heavy atom. The molecule has 0 aliphatic carbocycles. The molecule has 1 aromatic rings. The molecule has 2 heterocycles. The second-order valence-corrected chi connectivity index (χ2v) is 5.58. The van der Waals surface area contributed by atoms with Crippen LogP contribution in [0.15, 0.2) is 0 Å². The van der Waals surface area contributed by atoms with Crippen LogP contribution in [0.3, 0.4) is 0 Å². The van der Waals surface area contributed by atoms with Crippen molar-refractivity contribution in [2.75, 3.05) is 26.9 Å². The van der Waals surface area contributed by atoms with Gasteiger partial charge in [0.05, 0.1) is 0 Å². The van der Waals surface area contributed by atoms with E-state index < -0.39 is 5.60 Å². The minimum Gasteiger partial charge on any atom is -0.381 e. The van der Waals surface area contributed by atoms with Gasteiger partial charge in [0.15, 0.2) is 5.82 Å². The van der Waals surface area contributed by atoms with E-state index in [0.717, 1.165) is 35.6 Å². The Balaban J connectivity index is 2.43. The highest BCUT2D eigenvalue weighted by molar-refractivity contribution is 5.29. The Morgan fingerprint density at radius 1 is 1.25 bits per heavy atom. The Hall–Kier alpha value is -1.04. The fraction of sp³-hybridized carbons (Fsp3) is 0.733. The number of ether oxygens (including phenoxy) is 2. The van der Waals surface area contributed by atoms with E-state index in [2.05, 4.69) is 6.92 Å². The predicted octanol–water partition coefficient (Wildman–Crippen LogP) is 1.81. The molecule has 0 amide bonds. The monoisotopic (exact) mass is 279 g/mol. The van der Waals surface area contributed by atoms with Gasteiger partial charge in [-0.05, 0) is 31.9 Å². The van der Waals surface area contributed by atoms with Crippen molar-refractivity contribution in [3.63, 3.8) is 0 Å². The standard InChI is InChI=1S/C15H25N3O2/c1-10(9-16)13-11(2)17-14(18-12(13)3)15(19-4)5-7-20-8-6-15/h10H,5-9,16H2,1-4H3. The maximum atomic E-state index is 5.78. The van der Waals surface area contributed by atoms with Gasteiger partial charge in [0, 0.05) is 44.6 Å². The number of methoxy groups -OCH3 is 1. The number of hydrogen-bond donors (Lipinski definition) is 1. The molecule has 1 aliphatic heterocycles. The van der Waals surface area contributed by atoms with Gasteiger partial charge in [-0.15, -0.1) is 0 Å². The van der Waals surface area contributed by atoms with Crippen LogP contribution in [0, 0.1) is 13.8 Å². The van der Waals surface area contributed by atoms with Crippen molar-refractivity contribution in [3.8, 4) is 0 Å². The smallest absolute Gasteiger partial charge is 0.160 e. The van der Waals surface area contributed by atoms with Gasteiger partial charge < -0.3 is 15.2 Å². The molecule has 2 N–H and O–H groups in total. The summed E-state index contributed by atoms with van der Waals surface area (Å²) in [6.07, 6.45) is 1.60. The Kier molecular flexibility index (Phi) is 4.73. The predicted molar refractivity (Wildman–Crippen MR) is 77.7 cm³/mol. The zero-order valence-corrected chi connectivity index (χ0v) is 12.9. The van der Waals surface area contributed by atoms with E-state index >= 15 is 0 Å². The maximum absolute atomic E-state index is 5.78. The summed E-state index contributed by atoms with van der Waals surface area (Å²) in [5.74, 6) is 1.06. The van der Waals surface area contributed by atoms with Gasteiger partial charge in [0.1, 0.15) is 5.60 Å². The van der Waals surface area contributed by atoms with E-state index in [1.54, 1.807) is 7.11 Å². The third-order valence-electron chi connectivity index (χ3n) is 4.27. The van der Waals surface area contributed by atoms with Gasteiger partial charge >= 0.3 is 0 Å². The van der Waals surface area contributed by atoms with Gasteiger partial charge in [-0.1, -0.05) is 6.92 Å². The molecular weight excluding hydrogens is 254 g/mol. The largest absolute Gasteiger partial charge is 0.381 e. The molecule has 1 unspecified atom stereocenters. The van der Waals surface area contributed by atoms with Crippen LogP contribution in [0.25, 0.3) is 0 Å². The number of aryl methyl sites for hydroxylation is 2. The molecule has 5 nitrogen and oxygen atoms in total. The van der Waals surface area contributed by atoms with Crippen LogP contribution < -0.4 is 5.73 Å². The molecule has 1 atom stereocenters. The molecule has 1 saturated heterocycles. The zero-order valence-electron chi connectivity index (χ0n) is 12.9. The van der Waals surface area contributed by atoms with E-state index in [1.165, 1.54) is 0 Å². The van der Waals surface area contributed by atoms with Crippen LogP contribution >= 0.6 is 0 Å². The van der Waals surface area contributed by atoms with Gasteiger partial charge in [0.2, 0.25) is 0 Å². The lowest BCUT2D eigenvalue weighted by Crippen LogP contribution is -2.38. The van der Waals surface area contributed by atoms with Gasteiger partial charge in [0.25, 0.3) is 0 Å². The normalized spacial score (nSPS) is 19.9. The summed E-state index contributed by atoms with van der Waals surface area (Å²) in [4.78, 5) is 9.44.